The van der Waals surface area contributed by atoms with E-state index in [9.17, 15) is 4.79 Å². The number of aryl methyl sites for hydroxylation is 1. The molecule has 0 bridgehead atoms. The topological polar surface area (TPSA) is 56.2 Å². The van der Waals surface area contributed by atoms with Crippen LogP contribution in [0, 0.1) is 6.92 Å². The quantitative estimate of drug-likeness (QED) is 0.715. The van der Waals surface area contributed by atoms with Crippen molar-refractivity contribution in [2.24, 2.45) is 0 Å². The van der Waals surface area contributed by atoms with Crippen LogP contribution < -0.4 is 5.43 Å². The molecule has 0 spiro atoms. The molecule has 0 unspecified atom stereocenters. The number of rotatable bonds is 3. The molecule has 0 fully saturated rings. The second-order valence-electron chi connectivity index (χ2n) is 6.76. The molecule has 136 valence electrons. The van der Waals surface area contributed by atoms with Crippen LogP contribution in [0.5, 0.6) is 0 Å². The fourth-order valence-electron chi connectivity index (χ4n) is 2.20. The standard InChI is InChI=1S/C17H20Cl3N3O2/c1-11-5-7-12(8-6-11)13-9-23(21-14(13)16(2,3)4)22-15(24)25-10-17(18,19)20/h5-9H,10H2,1-4H3,(H,22,24). The lowest BCUT2D eigenvalue weighted by Crippen LogP contribution is -2.28. The van der Waals surface area contributed by atoms with E-state index in [-0.39, 0.29) is 12.0 Å². The molecule has 1 N–H and O–H groups in total. The van der Waals surface area contributed by atoms with E-state index in [2.05, 4.69) is 31.3 Å². The third-order valence-corrected chi connectivity index (χ3v) is 3.69. The van der Waals surface area contributed by atoms with Crippen LogP contribution in [0.4, 0.5) is 4.79 Å². The van der Waals surface area contributed by atoms with Gasteiger partial charge in [0.25, 0.3) is 0 Å². The number of amides is 1. The minimum Gasteiger partial charge on any atom is -0.444 e. The first-order chi connectivity index (χ1) is 11.5. The molecule has 0 atom stereocenters. The van der Waals surface area contributed by atoms with Gasteiger partial charge in [-0.05, 0) is 12.5 Å². The molecular formula is C17H20Cl3N3O2. The molecule has 8 heteroatoms. The lowest BCUT2D eigenvalue weighted by molar-refractivity contribution is 0.159. The zero-order valence-electron chi connectivity index (χ0n) is 14.4. The van der Waals surface area contributed by atoms with Crippen molar-refractivity contribution in [2.45, 2.75) is 36.9 Å². The molecule has 0 saturated carbocycles. The summed E-state index contributed by atoms with van der Waals surface area (Å²) in [6.45, 7) is 7.83. The van der Waals surface area contributed by atoms with Crippen molar-refractivity contribution in [1.82, 2.24) is 9.89 Å². The third-order valence-electron chi connectivity index (χ3n) is 3.36. The normalized spacial score (nSPS) is 12.1. The second-order valence-corrected chi connectivity index (χ2v) is 9.27. The van der Waals surface area contributed by atoms with E-state index < -0.39 is 9.89 Å². The summed E-state index contributed by atoms with van der Waals surface area (Å²) in [4.78, 5) is 13.2. The summed E-state index contributed by atoms with van der Waals surface area (Å²) < 4.78 is 3.20. The van der Waals surface area contributed by atoms with Crippen molar-refractivity contribution >= 4 is 40.9 Å². The Bertz CT molecular complexity index is 744. The predicted octanol–water partition coefficient (Wildman–Crippen LogP) is 5.21. The Kier molecular flexibility index (Phi) is 5.92. The predicted molar refractivity (Wildman–Crippen MR) is 102 cm³/mol. The van der Waals surface area contributed by atoms with E-state index >= 15 is 0 Å². The molecule has 0 saturated heterocycles. The lowest BCUT2D eigenvalue weighted by Gasteiger charge is -2.17. The minimum atomic E-state index is -1.66. The lowest BCUT2D eigenvalue weighted by atomic mass is 9.87. The number of nitrogens with one attached hydrogen (secondary N) is 1. The molecule has 0 aliphatic heterocycles. The highest BCUT2D eigenvalue weighted by Crippen LogP contribution is 2.32. The van der Waals surface area contributed by atoms with Gasteiger partial charge >= 0.3 is 6.09 Å². The Morgan fingerprint density at radius 1 is 1.20 bits per heavy atom. The summed E-state index contributed by atoms with van der Waals surface area (Å²) >= 11 is 16.7. The molecule has 25 heavy (non-hydrogen) atoms. The number of hydrogen-bond acceptors (Lipinski definition) is 3. The fraction of sp³-hybridized carbons (Fsp3) is 0.412. The van der Waals surface area contributed by atoms with Gasteiger partial charge in [0.1, 0.15) is 6.61 Å². The number of carbonyl (C=O) groups excluding carboxylic acids is 1. The van der Waals surface area contributed by atoms with E-state index in [0.717, 1.165) is 16.8 Å². The van der Waals surface area contributed by atoms with Crippen molar-refractivity contribution in [3.05, 3.63) is 41.7 Å². The molecule has 1 amide bonds. The molecule has 1 aromatic carbocycles. The molecule has 0 aliphatic carbocycles. The number of carbonyl (C=O) groups is 1. The van der Waals surface area contributed by atoms with Gasteiger partial charge in [0, 0.05) is 11.0 Å². The number of nitrogens with zero attached hydrogens (tertiary/aromatic N) is 2. The molecule has 5 nitrogen and oxygen atoms in total. The van der Waals surface area contributed by atoms with E-state index in [1.54, 1.807) is 6.20 Å². The molecule has 0 aliphatic rings. The van der Waals surface area contributed by atoms with E-state index in [1.807, 2.05) is 31.2 Å². The SMILES string of the molecule is Cc1ccc(-c2cn(NC(=O)OCC(Cl)(Cl)Cl)nc2C(C)(C)C)cc1. The third kappa shape index (κ3) is 5.80. The smallest absolute Gasteiger partial charge is 0.427 e. The van der Waals surface area contributed by atoms with Crippen molar-refractivity contribution in [3.63, 3.8) is 0 Å². The van der Waals surface area contributed by atoms with Gasteiger partial charge in [-0.1, -0.05) is 85.4 Å². The Balaban J connectivity index is 2.26. The fourth-order valence-corrected chi connectivity index (χ4v) is 2.37. The average Bonchev–Trinajstić information content (AvgIpc) is 2.89. The largest absolute Gasteiger partial charge is 0.444 e. The maximum Gasteiger partial charge on any atom is 0.427 e. The van der Waals surface area contributed by atoms with E-state index in [1.165, 1.54) is 10.4 Å². The molecule has 0 radical (unpaired) electrons. The summed E-state index contributed by atoms with van der Waals surface area (Å²) in [7, 11) is 0. The van der Waals surface area contributed by atoms with Crippen molar-refractivity contribution in [1.29, 1.82) is 0 Å². The van der Waals surface area contributed by atoms with Gasteiger partial charge in [-0.15, -0.1) is 0 Å². The molecule has 2 aromatic rings. The molecule has 1 aromatic heterocycles. The maximum absolute atomic E-state index is 11.8. The average molecular weight is 405 g/mol. The van der Waals surface area contributed by atoms with Gasteiger partial charge in [-0.3, -0.25) is 0 Å². The van der Waals surface area contributed by atoms with Crippen LogP contribution in [0.3, 0.4) is 0 Å². The first-order valence-corrected chi connectivity index (χ1v) is 8.77. The summed E-state index contributed by atoms with van der Waals surface area (Å²) in [5.41, 5.74) is 6.23. The van der Waals surface area contributed by atoms with Gasteiger partial charge in [-0.2, -0.15) is 9.89 Å². The Morgan fingerprint density at radius 3 is 2.32 bits per heavy atom. The minimum absolute atomic E-state index is 0.214. The van der Waals surface area contributed by atoms with E-state index in [4.69, 9.17) is 39.5 Å². The highest BCUT2D eigenvalue weighted by atomic mass is 35.6. The van der Waals surface area contributed by atoms with Gasteiger partial charge < -0.3 is 4.74 Å². The van der Waals surface area contributed by atoms with Crippen molar-refractivity contribution < 1.29 is 9.53 Å². The monoisotopic (exact) mass is 403 g/mol. The number of aromatic nitrogens is 2. The summed E-state index contributed by atoms with van der Waals surface area (Å²) in [5, 5.41) is 4.47. The van der Waals surface area contributed by atoms with Crippen LogP contribution in [-0.4, -0.2) is 26.4 Å². The highest BCUT2D eigenvalue weighted by Gasteiger charge is 2.25. The number of halogens is 3. The molecule has 1 heterocycles. The number of ether oxygens (including phenoxy) is 1. The molecular weight excluding hydrogens is 385 g/mol. The Morgan fingerprint density at radius 2 is 1.80 bits per heavy atom. The van der Waals surface area contributed by atoms with Crippen LogP contribution >= 0.6 is 34.8 Å². The first-order valence-electron chi connectivity index (χ1n) is 7.63. The van der Waals surface area contributed by atoms with Crippen molar-refractivity contribution in [3.8, 4) is 11.1 Å². The Hall–Kier alpha value is -1.43. The van der Waals surface area contributed by atoms with Gasteiger partial charge in [0.15, 0.2) is 0 Å². The van der Waals surface area contributed by atoms with Crippen LogP contribution in [0.25, 0.3) is 11.1 Å². The second kappa shape index (κ2) is 7.44. The zero-order valence-corrected chi connectivity index (χ0v) is 16.7. The van der Waals surface area contributed by atoms with Gasteiger partial charge in [-0.25, -0.2) is 10.2 Å². The first kappa shape index (κ1) is 19.9. The summed E-state index contributed by atoms with van der Waals surface area (Å²) in [6.07, 6.45) is 0.978. The zero-order chi connectivity index (χ0) is 18.8. The number of hydrogen-bond donors (Lipinski definition) is 1. The van der Waals surface area contributed by atoms with Crippen LogP contribution in [-0.2, 0) is 10.2 Å². The summed E-state index contributed by atoms with van der Waals surface area (Å²) in [6, 6.07) is 8.10. The van der Waals surface area contributed by atoms with Gasteiger partial charge in [0.05, 0.1) is 11.9 Å². The number of alkyl halides is 3. The highest BCUT2D eigenvalue weighted by molar-refractivity contribution is 6.67. The van der Waals surface area contributed by atoms with Crippen LogP contribution in [0.15, 0.2) is 30.5 Å². The van der Waals surface area contributed by atoms with Crippen LogP contribution in [0.2, 0.25) is 0 Å². The summed E-state index contributed by atoms with van der Waals surface area (Å²) in [5.74, 6) is 0. The maximum atomic E-state index is 11.8. The van der Waals surface area contributed by atoms with Crippen molar-refractivity contribution in [2.75, 3.05) is 12.0 Å². The molecule has 2 rings (SSSR count). The van der Waals surface area contributed by atoms with Gasteiger partial charge in [0.2, 0.25) is 3.79 Å². The van der Waals surface area contributed by atoms with E-state index in [0.29, 0.717) is 0 Å². The Labute approximate surface area is 162 Å². The van der Waals surface area contributed by atoms with Crippen LogP contribution in [0.1, 0.15) is 32.0 Å². The number of benzene rings is 1.